The molecule has 0 atom stereocenters. The number of carbonyl (C=O) groups is 1. The lowest BCUT2D eigenvalue weighted by Gasteiger charge is -1.99. The van der Waals surface area contributed by atoms with Crippen LogP contribution < -0.4 is 0 Å². The highest BCUT2D eigenvalue weighted by atomic mass is 16.5. The van der Waals surface area contributed by atoms with Crippen LogP contribution in [0.5, 0.6) is 0 Å². The van der Waals surface area contributed by atoms with Crippen molar-refractivity contribution >= 4 is 11.6 Å². The van der Waals surface area contributed by atoms with Crippen LogP contribution in [0.1, 0.15) is 23.3 Å². The lowest BCUT2D eigenvalue weighted by atomic mass is 10.4. The van der Waals surface area contributed by atoms with Crippen molar-refractivity contribution in [1.29, 1.82) is 0 Å². The molecular formula is C11H13N3O2. The average molecular weight is 219 g/mol. The van der Waals surface area contributed by atoms with Gasteiger partial charge in [0.05, 0.1) is 7.11 Å². The number of imidazole rings is 1. The van der Waals surface area contributed by atoms with Gasteiger partial charge < -0.3 is 9.30 Å². The number of aromatic nitrogens is 3. The van der Waals surface area contributed by atoms with E-state index in [2.05, 4.69) is 14.4 Å². The Hall–Kier alpha value is -1.78. The van der Waals surface area contributed by atoms with Crippen molar-refractivity contribution < 1.29 is 9.53 Å². The molecule has 0 saturated heterocycles. The number of ether oxygens (including phenoxy) is 1. The number of hydrogen-bond donors (Lipinski definition) is 0. The van der Waals surface area contributed by atoms with Crippen LogP contribution in [0.25, 0.3) is 5.65 Å². The zero-order valence-corrected chi connectivity index (χ0v) is 9.09. The summed E-state index contributed by atoms with van der Waals surface area (Å²) in [5, 5.41) is 4.15. The molecule has 2 aromatic heterocycles. The Morgan fingerprint density at radius 1 is 1.56 bits per heavy atom. The van der Waals surface area contributed by atoms with Crippen LogP contribution >= 0.6 is 0 Å². The van der Waals surface area contributed by atoms with Crippen LogP contribution in [-0.2, 0) is 11.3 Å². The summed E-state index contributed by atoms with van der Waals surface area (Å²) in [6.45, 7) is 1.02. The van der Waals surface area contributed by atoms with Crippen molar-refractivity contribution in [2.45, 2.75) is 19.4 Å². The van der Waals surface area contributed by atoms with E-state index in [1.807, 2.05) is 12.4 Å². The Labute approximate surface area is 92.6 Å². The summed E-state index contributed by atoms with van der Waals surface area (Å²) in [5.74, 6) is 0.411. The van der Waals surface area contributed by atoms with E-state index in [0.717, 1.165) is 18.1 Å². The van der Waals surface area contributed by atoms with Gasteiger partial charge in [0.2, 0.25) is 0 Å². The van der Waals surface area contributed by atoms with Gasteiger partial charge in [-0.05, 0) is 18.8 Å². The molecule has 1 aliphatic rings. The minimum atomic E-state index is -0.387. The Balaban J connectivity index is 1.97. The van der Waals surface area contributed by atoms with E-state index in [1.165, 1.54) is 20.0 Å². The van der Waals surface area contributed by atoms with E-state index < -0.39 is 0 Å². The molecule has 5 heteroatoms. The highest BCUT2D eigenvalue weighted by molar-refractivity contribution is 5.88. The highest BCUT2D eigenvalue weighted by Crippen LogP contribution is 2.31. The molecule has 0 bridgehead atoms. The standard InChI is InChI=1S/C11H13N3O2/c1-16-11(15)9-6-10-13(7-8-2-3-8)4-5-14(10)12-9/h4-6,8H,2-3,7H2,1H3. The summed E-state index contributed by atoms with van der Waals surface area (Å²) in [5.41, 5.74) is 1.31. The predicted octanol–water partition coefficient (Wildman–Crippen LogP) is 1.33. The molecule has 0 spiro atoms. The molecule has 0 N–H and O–H groups in total. The second-order valence-electron chi connectivity index (χ2n) is 4.22. The molecule has 0 aromatic carbocycles. The molecule has 1 aliphatic carbocycles. The molecule has 0 radical (unpaired) electrons. The van der Waals surface area contributed by atoms with Crippen LogP contribution in [0.15, 0.2) is 18.5 Å². The average Bonchev–Trinajstić information content (AvgIpc) is 2.87. The van der Waals surface area contributed by atoms with Gasteiger partial charge >= 0.3 is 5.97 Å². The fourth-order valence-electron chi connectivity index (χ4n) is 1.87. The van der Waals surface area contributed by atoms with Gasteiger partial charge in [-0.1, -0.05) is 0 Å². The predicted molar refractivity (Wildman–Crippen MR) is 57.2 cm³/mol. The van der Waals surface area contributed by atoms with Gasteiger partial charge in [0.15, 0.2) is 5.69 Å². The van der Waals surface area contributed by atoms with E-state index in [0.29, 0.717) is 5.69 Å². The molecule has 1 saturated carbocycles. The number of rotatable bonds is 3. The van der Waals surface area contributed by atoms with E-state index >= 15 is 0 Å². The molecule has 16 heavy (non-hydrogen) atoms. The first-order valence-electron chi connectivity index (χ1n) is 5.41. The van der Waals surface area contributed by atoms with Gasteiger partial charge in [0.1, 0.15) is 5.65 Å². The maximum Gasteiger partial charge on any atom is 0.358 e. The smallest absolute Gasteiger partial charge is 0.358 e. The van der Waals surface area contributed by atoms with Gasteiger partial charge in [0.25, 0.3) is 0 Å². The molecule has 3 rings (SSSR count). The molecule has 0 unspecified atom stereocenters. The first-order chi connectivity index (χ1) is 7.78. The molecule has 1 fully saturated rings. The van der Waals surface area contributed by atoms with Crippen LogP contribution in [0, 0.1) is 5.92 Å². The van der Waals surface area contributed by atoms with Crippen LogP contribution in [0.2, 0.25) is 0 Å². The number of fused-ring (bicyclic) bond motifs is 1. The SMILES string of the molecule is COC(=O)c1cc2n(CC3CC3)ccn2n1. The third kappa shape index (κ3) is 1.48. The largest absolute Gasteiger partial charge is 0.464 e. The Bertz CT molecular complexity index is 536. The quantitative estimate of drug-likeness (QED) is 0.732. The molecule has 84 valence electrons. The minimum Gasteiger partial charge on any atom is -0.464 e. The number of esters is 1. The van der Waals surface area contributed by atoms with E-state index in [9.17, 15) is 4.79 Å². The van der Waals surface area contributed by atoms with Crippen molar-refractivity contribution in [3.05, 3.63) is 24.2 Å². The summed E-state index contributed by atoms with van der Waals surface area (Å²) in [6.07, 6.45) is 6.48. The number of carbonyl (C=O) groups excluding carboxylic acids is 1. The van der Waals surface area contributed by atoms with Crippen LogP contribution in [0.4, 0.5) is 0 Å². The molecule has 2 heterocycles. The zero-order valence-electron chi connectivity index (χ0n) is 9.09. The lowest BCUT2D eigenvalue weighted by Crippen LogP contribution is -2.01. The second-order valence-corrected chi connectivity index (χ2v) is 4.22. The Morgan fingerprint density at radius 3 is 3.06 bits per heavy atom. The molecule has 5 nitrogen and oxygen atoms in total. The van der Waals surface area contributed by atoms with E-state index in [1.54, 1.807) is 10.6 Å². The maximum absolute atomic E-state index is 11.3. The fraction of sp³-hybridized carbons (Fsp3) is 0.455. The monoisotopic (exact) mass is 219 g/mol. The van der Waals surface area contributed by atoms with Gasteiger partial charge in [-0.2, -0.15) is 5.10 Å². The Morgan fingerprint density at radius 2 is 2.38 bits per heavy atom. The number of nitrogens with zero attached hydrogens (tertiary/aromatic N) is 3. The van der Waals surface area contributed by atoms with Crippen molar-refractivity contribution in [1.82, 2.24) is 14.2 Å². The third-order valence-electron chi connectivity index (χ3n) is 2.94. The first kappa shape index (κ1) is 9.45. The van der Waals surface area contributed by atoms with Crippen molar-refractivity contribution in [2.24, 2.45) is 5.92 Å². The lowest BCUT2D eigenvalue weighted by molar-refractivity contribution is 0.0593. The van der Waals surface area contributed by atoms with Gasteiger partial charge in [-0.25, -0.2) is 9.31 Å². The molecular weight excluding hydrogens is 206 g/mol. The van der Waals surface area contributed by atoms with Gasteiger partial charge in [-0.3, -0.25) is 0 Å². The van der Waals surface area contributed by atoms with Crippen LogP contribution in [0.3, 0.4) is 0 Å². The zero-order chi connectivity index (χ0) is 11.1. The fourth-order valence-corrected chi connectivity index (χ4v) is 1.87. The molecule has 0 aliphatic heterocycles. The van der Waals surface area contributed by atoms with E-state index in [-0.39, 0.29) is 5.97 Å². The minimum absolute atomic E-state index is 0.364. The van der Waals surface area contributed by atoms with Gasteiger partial charge in [0, 0.05) is 25.0 Å². The summed E-state index contributed by atoms with van der Waals surface area (Å²) in [6, 6.07) is 1.77. The maximum atomic E-state index is 11.3. The normalized spacial score (nSPS) is 15.6. The molecule has 2 aromatic rings. The summed E-state index contributed by atoms with van der Waals surface area (Å²) in [7, 11) is 1.37. The summed E-state index contributed by atoms with van der Waals surface area (Å²) >= 11 is 0. The third-order valence-corrected chi connectivity index (χ3v) is 2.94. The second kappa shape index (κ2) is 3.37. The topological polar surface area (TPSA) is 48.5 Å². The van der Waals surface area contributed by atoms with E-state index in [4.69, 9.17) is 0 Å². The summed E-state index contributed by atoms with van der Waals surface area (Å²) < 4.78 is 8.50. The number of hydrogen-bond acceptors (Lipinski definition) is 3. The Kier molecular flexibility index (Phi) is 1.99. The van der Waals surface area contributed by atoms with Crippen molar-refractivity contribution in [2.75, 3.05) is 7.11 Å². The highest BCUT2D eigenvalue weighted by Gasteiger charge is 2.23. The molecule has 0 amide bonds. The first-order valence-corrected chi connectivity index (χ1v) is 5.41. The number of methoxy groups -OCH3 is 1. The van der Waals surface area contributed by atoms with Crippen LogP contribution in [-0.4, -0.2) is 27.3 Å². The van der Waals surface area contributed by atoms with Crippen molar-refractivity contribution in [3.8, 4) is 0 Å². The van der Waals surface area contributed by atoms with Gasteiger partial charge in [-0.15, -0.1) is 0 Å². The van der Waals surface area contributed by atoms with Crippen molar-refractivity contribution in [3.63, 3.8) is 0 Å². The summed E-state index contributed by atoms with van der Waals surface area (Å²) in [4.78, 5) is 11.3.